The van der Waals surface area contributed by atoms with Crippen LogP contribution in [0.15, 0.2) is 47.7 Å². The van der Waals surface area contributed by atoms with Crippen LogP contribution in [0.25, 0.3) is 10.8 Å². The number of carboxylic acids is 1. The molecule has 0 spiro atoms. The normalized spacial score (nSPS) is 23.2. The number of β-lactam (4-membered cyclic amide) rings is 1. The fraction of sp³-hybridized carbons (Fsp3) is 0.462. The quantitative estimate of drug-likeness (QED) is 0.413. The highest BCUT2D eigenvalue weighted by molar-refractivity contribution is 5.99. The van der Waals surface area contributed by atoms with E-state index in [1.165, 1.54) is 10.5 Å². The number of amides is 1. The molecule has 2 aromatic carbocycles. The van der Waals surface area contributed by atoms with E-state index in [1.54, 1.807) is 6.92 Å². The molecular formula is C26H33N3O5. The lowest BCUT2D eigenvalue weighted by Gasteiger charge is -2.47. The Bertz CT molecular complexity index is 1160. The summed E-state index contributed by atoms with van der Waals surface area (Å²) >= 11 is 0. The van der Waals surface area contributed by atoms with Gasteiger partial charge in [-0.1, -0.05) is 37.3 Å². The highest BCUT2D eigenvalue weighted by Gasteiger charge is 2.58. The summed E-state index contributed by atoms with van der Waals surface area (Å²) in [6.45, 7) is 5.72. The highest BCUT2D eigenvalue weighted by Crippen LogP contribution is 2.47. The van der Waals surface area contributed by atoms with Crippen molar-refractivity contribution in [1.29, 1.82) is 0 Å². The molecule has 182 valence electrons. The smallest absolute Gasteiger partial charge is 0.235 e. The molecule has 2 heterocycles. The summed E-state index contributed by atoms with van der Waals surface area (Å²) in [6.07, 6.45) is -0.849. The van der Waals surface area contributed by atoms with Crippen molar-refractivity contribution in [3.8, 4) is 5.75 Å². The second-order valence-corrected chi connectivity index (χ2v) is 10.1. The molecule has 1 fully saturated rings. The maximum Gasteiger partial charge on any atom is 0.235 e. The summed E-state index contributed by atoms with van der Waals surface area (Å²) in [5.74, 6) is -2.00. The van der Waals surface area contributed by atoms with Crippen molar-refractivity contribution in [2.45, 2.75) is 32.5 Å². The monoisotopic (exact) mass is 467 g/mol. The summed E-state index contributed by atoms with van der Waals surface area (Å²) < 4.78 is 6.93. The van der Waals surface area contributed by atoms with E-state index >= 15 is 0 Å². The number of benzene rings is 2. The van der Waals surface area contributed by atoms with Gasteiger partial charge in [-0.2, -0.15) is 0 Å². The molecule has 8 nitrogen and oxygen atoms in total. The van der Waals surface area contributed by atoms with Crippen LogP contribution in [0.1, 0.15) is 19.4 Å². The van der Waals surface area contributed by atoms with Crippen LogP contribution in [0.2, 0.25) is 0 Å². The zero-order chi connectivity index (χ0) is 24.8. The lowest BCUT2D eigenvalue weighted by molar-refractivity contribution is -0.902. The standard InChI is InChI=1S/C26H33N3O5/c1-15-20(24(26(32)33)28-23(15)22(16(2)30)25(28)31)14-34-21-10-6-8-18-17(7-5-9-19(18)21)13-29(3,4)12-11-27/h5-10,15-16,22-23,30H,11-14,27H2,1-4H3/t15-,16+,22+,23+/m0/s1. The molecule has 0 aromatic heterocycles. The number of carbonyl (C=O) groups is 2. The average molecular weight is 468 g/mol. The van der Waals surface area contributed by atoms with Crippen LogP contribution in [0.4, 0.5) is 0 Å². The van der Waals surface area contributed by atoms with Gasteiger partial charge in [0.25, 0.3) is 0 Å². The number of likely N-dealkylation sites (N-methyl/N-ethyl adjacent to an activating group) is 1. The number of carbonyl (C=O) groups excluding carboxylic acids is 2. The summed E-state index contributed by atoms with van der Waals surface area (Å²) in [5.41, 5.74) is 7.35. The topological polar surface area (TPSA) is 116 Å². The van der Waals surface area contributed by atoms with Gasteiger partial charge in [0.1, 0.15) is 18.9 Å². The Hall–Kier alpha value is -2.94. The predicted octanol–water partition coefficient (Wildman–Crippen LogP) is 0.615. The Morgan fingerprint density at radius 3 is 2.56 bits per heavy atom. The second-order valence-electron chi connectivity index (χ2n) is 10.1. The molecule has 34 heavy (non-hydrogen) atoms. The van der Waals surface area contributed by atoms with Crippen molar-refractivity contribution >= 4 is 22.6 Å². The molecule has 0 bridgehead atoms. The molecule has 8 heteroatoms. The molecule has 0 saturated carbocycles. The summed E-state index contributed by atoms with van der Waals surface area (Å²) in [4.78, 5) is 25.7. The number of aliphatic carboxylic acids is 1. The molecule has 3 N–H and O–H groups in total. The zero-order valence-corrected chi connectivity index (χ0v) is 20.2. The number of aliphatic hydroxyl groups is 1. The SMILES string of the molecule is C[C@@H](O)[C@H]1C(=O)N2C(C(=O)[O-])=C(COc3cccc4c(C[N+](C)(C)CCN)cccc34)[C@H](C)[C@H]12. The molecule has 1 saturated heterocycles. The summed E-state index contributed by atoms with van der Waals surface area (Å²) in [7, 11) is 4.29. The maximum atomic E-state index is 12.5. The van der Waals surface area contributed by atoms with Crippen LogP contribution < -0.4 is 15.6 Å². The number of aliphatic hydroxyl groups excluding tert-OH is 1. The molecule has 0 aliphatic carbocycles. The van der Waals surface area contributed by atoms with Gasteiger partial charge in [-0.05, 0) is 23.9 Å². The highest BCUT2D eigenvalue weighted by atomic mass is 16.5. The Kier molecular flexibility index (Phi) is 6.42. The van der Waals surface area contributed by atoms with Crippen molar-refractivity contribution < 1.29 is 29.0 Å². The third-order valence-electron chi connectivity index (χ3n) is 7.20. The van der Waals surface area contributed by atoms with Gasteiger partial charge in [0.15, 0.2) is 0 Å². The van der Waals surface area contributed by atoms with Crippen molar-refractivity contribution in [3.63, 3.8) is 0 Å². The Morgan fingerprint density at radius 1 is 1.24 bits per heavy atom. The third-order valence-corrected chi connectivity index (χ3v) is 7.20. The van der Waals surface area contributed by atoms with Gasteiger partial charge < -0.3 is 34.9 Å². The van der Waals surface area contributed by atoms with E-state index in [4.69, 9.17) is 10.5 Å². The number of ether oxygens (including phenoxy) is 1. The molecular weight excluding hydrogens is 434 g/mol. The van der Waals surface area contributed by atoms with E-state index in [-0.39, 0.29) is 30.2 Å². The predicted molar refractivity (Wildman–Crippen MR) is 126 cm³/mol. The number of hydrogen-bond donors (Lipinski definition) is 2. The first-order valence-corrected chi connectivity index (χ1v) is 11.7. The van der Waals surface area contributed by atoms with Crippen LogP contribution in [0.5, 0.6) is 5.75 Å². The Balaban J connectivity index is 1.62. The van der Waals surface area contributed by atoms with Crippen LogP contribution in [-0.2, 0) is 16.1 Å². The van der Waals surface area contributed by atoms with Crippen molar-refractivity contribution in [2.24, 2.45) is 17.6 Å². The van der Waals surface area contributed by atoms with E-state index in [1.807, 2.05) is 31.2 Å². The van der Waals surface area contributed by atoms with Gasteiger partial charge in [0.05, 0.1) is 50.4 Å². The molecule has 4 atom stereocenters. The number of fused-ring (bicyclic) bond motifs is 2. The van der Waals surface area contributed by atoms with E-state index in [2.05, 4.69) is 26.2 Å². The number of hydrogen-bond acceptors (Lipinski definition) is 6. The number of nitrogens with zero attached hydrogens (tertiary/aromatic N) is 2. The molecule has 4 rings (SSSR count). The third kappa shape index (κ3) is 4.06. The number of rotatable bonds is 9. The van der Waals surface area contributed by atoms with Crippen molar-refractivity contribution in [3.05, 3.63) is 53.2 Å². The average Bonchev–Trinajstić information content (AvgIpc) is 3.00. The first-order chi connectivity index (χ1) is 16.1. The summed E-state index contributed by atoms with van der Waals surface area (Å²) in [6, 6.07) is 11.5. The van der Waals surface area contributed by atoms with E-state index < -0.39 is 18.0 Å². The molecule has 2 aromatic rings. The molecule has 1 amide bonds. The molecule has 0 unspecified atom stereocenters. The number of carboxylic acid groups (broad SMARTS) is 1. The van der Waals surface area contributed by atoms with E-state index in [0.29, 0.717) is 17.9 Å². The Morgan fingerprint density at radius 2 is 1.91 bits per heavy atom. The fourth-order valence-corrected chi connectivity index (χ4v) is 5.48. The zero-order valence-electron chi connectivity index (χ0n) is 20.2. The fourth-order valence-electron chi connectivity index (χ4n) is 5.48. The number of quaternary nitrogens is 1. The van der Waals surface area contributed by atoms with Crippen LogP contribution in [0, 0.1) is 11.8 Å². The van der Waals surface area contributed by atoms with Gasteiger partial charge in [0.2, 0.25) is 5.91 Å². The van der Waals surface area contributed by atoms with E-state index in [9.17, 15) is 19.8 Å². The lowest BCUT2D eigenvalue weighted by Crippen LogP contribution is -2.64. The minimum absolute atomic E-state index is 0.0232. The molecule has 2 aliphatic rings. The van der Waals surface area contributed by atoms with Crippen LogP contribution in [-0.4, -0.2) is 72.3 Å². The molecule has 0 radical (unpaired) electrons. The van der Waals surface area contributed by atoms with Gasteiger partial charge in [0, 0.05) is 23.4 Å². The maximum absolute atomic E-state index is 12.5. The van der Waals surface area contributed by atoms with Gasteiger partial charge in [-0.25, -0.2) is 0 Å². The first kappa shape index (κ1) is 24.2. The van der Waals surface area contributed by atoms with Crippen LogP contribution >= 0.6 is 0 Å². The largest absolute Gasteiger partial charge is 0.543 e. The van der Waals surface area contributed by atoms with Gasteiger partial charge >= 0.3 is 0 Å². The van der Waals surface area contributed by atoms with E-state index in [0.717, 1.165) is 28.3 Å². The second kappa shape index (κ2) is 9.02. The van der Waals surface area contributed by atoms with Crippen molar-refractivity contribution in [1.82, 2.24) is 4.90 Å². The first-order valence-electron chi connectivity index (χ1n) is 11.7. The van der Waals surface area contributed by atoms with Gasteiger partial charge in [-0.15, -0.1) is 0 Å². The van der Waals surface area contributed by atoms with Crippen LogP contribution in [0.3, 0.4) is 0 Å². The van der Waals surface area contributed by atoms with Gasteiger partial charge in [-0.3, -0.25) is 4.79 Å². The summed E-state index contributed by atoms with van der Waals surface area (Å²) in [5, 5.41) is 24.0. The number of nitrogens with two attached hydrogens (primary N) is 1. The minimum atomic E-state index is -1.40. The Labute approximate surface area is 199 Å². The lowest BCUT2D eigenvalue weighted by atomic mass is 9.78. The molecule has 2 aliphatic heterocycles. The van der Waals surface area contributed by atoms with Crippen molar-refractivity contribution in [2.75, 3.05) is 33.8 Å². The minimum Gasteiger partial charge on any atom is -0.543 e.